The summed E-state index contributed by atoms with van der Waals surface area (Å²) in [5, 5.41) is 4.20. The lowest BCUT2D eigenvalue weighted by molar-refractivity contribution is 0.578. The van der Waals surface area contributed by atoms with Gasteiger partial charge in [0.25, 0.3) is 0 Å². The van der Waals surface area contributed by atoms with Gasteiger partial charge in [0.1, 0.15) is 10.7 Å². The number of nitrogens with zero attached hydrogens (tertiary/aromatic N) is 2. The number of nitrogens with one attached hydrogen (secondary N) is 1. The van der Waals surface area contributed by atoms with Gasteiger partial charge in [-0.25, -0.2) is 17.5 Å². The Kier molecular flexibility index (Phi) is 4.43. The van der Waals surface area contributed by atoms with E-state index in [-0.39, 0.29) is 11.4 Å². The molecule has 1 heterocycles. The second kappa shape index (κ2) is 5.95. The molecule has 0 saturated heterocycles. The van der Waals surface area contributed by atoms with Crippen LogP contribution in [0.3, 0.4) is 0 Å². The molecule has 1 aromatic carbocycles. The number of rotatable bonds is 5. The highest BCUT2D eigenvalue weighted by molar-refractivity contribution is 7.89. The van der Waals surface area contributed by atoms with Crippen LogP contribution in [-0.2, 0) is 23.1 Å². The van der Waals surface area contributed by atoms with Crippen molar-refractivity contribution in [2.45, 2.75) is 38.8 Å². The van der Waals surface area contributed by atoms with Gasteiger partial charge in [0.05, 0.1) is 11.4 Å². The number of aryl methyl sites for hydroxylation is 2. The van der Waals surface area contributed by atoms with Crippen molar-refractivity contribution in [3.8, 4) is 0 Å². The molecule has 0 fully saturated rings. The Hall–Kier alpha value is -1.73. The van der Waals surface area contributed by atoms with Crippen molar-refractivity contribution >= 4 is 10.0 Å². The van der Waals surface area contributed by atoms with Crippen LogP contribution in [0.15, 0.2) is 29.2 Å². The van der Waals surface area contributed by atoms with E-state index in [1.807, 2.05) is 6.92 Å². The number of benzene rings is 1. The van der Waals surface area contributed by atoms with E-state index in [1.54, 1.807) is 30.7 Å². The maximum absolute atomic E-state index is 13.1. The lowest BCUT2D eigenvalue weighted by Crippen LogP contribution is -2.24. The Labute approximate surface area is 123 Å². The standard InChI is InChI=1S/C14H18FN3O2S/c1-4-18-11(3)14(10(2)17-18)21(19,20)16-9-12-6-5-7-13(15)8-12/h5-8,16H,4,9H2,1-3H3. The molecule has 0 atom stereocenters. The van der Waals surface area contributed by atoms with Crippen molar-refractivity contribution in [3.63, 3.8) is 0 Å². The van der Waals surface area contributed by atoms with Gasteiger partial charge in [0.15, 0.2) is 0 Å². The molecule has 0 spiro atoms. The fourth-order valence-electron chi connectivity index (χ4n) is 2.27. The van der Waals surface area contributed by atoms with Crippen molar-refractivity contribution in [3.05, 3.63) is 47.0 Å². The first kappa shape index (κ1) is 15.7. The molecule has 0 amide bonds. The lowest BCUT2D eigenvalue weighted by atomic mass is 10.2. The Bertz CT molecular complexity index is 754. The Balaban J connectivity index is 2.25. The van der Waals surface area contributed by atoms with Crippen LogP contribution in [0.1, 0.15) is 23.9 Å². The Morgan fingerprint density at radius 1 is 1.33 bits per heavy atom. The average Bonchev–Trinajstić information content (AvgIpc) is 2.72. The van der Waals surface area contributed by atoms with Gasteiger partial charge in [-0.3, -0.25) is 4.68 Å². The molecule has 2 aromatic rings. The van der Waals surface area contributed by atoms with E-state index in [4.69, 9.17) is 0 Å². The summed E-state index contributed by atoms with van der Waals surface area (Å²) in [5.41, 5.74) is 1.62. The zero-order chi connectivity index (χ0) is 15.6. The molecule has 1 aromatic heterocycles. The van der Waals surface area contributed by atoms with Crippen molar-refractivity contribution < 1.29 is 12.8 Å². The van der Waals surface area contributed by atoms with E-state index in [1.165, 1.54) is 12.1 Å². The first-order valence-corrected chi connectivity index (χ1v) is 8.11. The summed E-state index contributed by atoms with van der Waals surface area (Å²) in [7, 11) is -3.68. The van der Waals surface area contributed by atoms with Gasteiger partial charge in [0, 0.05) is 13.1 Å². The fourth-order valence-corrected chi connectivity index (χ4v) is 3.70. The highest BCUT2D eigenvalue weighted by atomic mass is 32.2. The minimum absolute atomic E-state index is 0.0380. The molecule has 21 heavy (non-hydrogen) atoms. The predicted octanol–water partition coefficient (Wildman–Crippen LogP) is 2.14. The number of aromatic nitrogens is 2. The molecule has 0 aliphatic rings. The second-order valence-corrected chi connectivity index (χ2v) is 6.47. The number of halogens is 1. The van der Waals surface area contributed by atoms with E-state index in [2.05, 4.69) is 9.82 Å². The summed E-state index contributed by atoms with van der Waals surface area (Å²) in [6.07, 6.45) is 0. The topological polar surface area (TPSA) is 64.0 Å². The summed E-state index contributed by atoms with van der Waals surface area (Å²) in [4.78, 5) is 0.195. The maximum atomic E-state index is 13.1. The quantitative estimate of drug-likeness (QED) is 0.920. The Morgan fingerprint density at radius 3 is 2.62 bits per heavy atom. The van der Waals surface area contributed by atoms with Crippen molar-refractivity contribution in [2.75, 3.05) is 0 Å². The molecule has 0 bridgehead atoms. The van der Waals surface area contributed by atoms with Crippen LogP contribution in [0.2, 0.25) is 0 Å². The van der Waals surface area contributed by atoms with Crippen LogP contribution in [0.25, 0.3) is 0 Å². The van der Waals surface area contributed by atoms with Crippen LogP contribution in [-0.4, -0.2) is 18.2 Å². The minimum Gasteiger partial charge on any atom is -0.268 e. The second-order valence-electron chi connectivity index (χ2n) is 4.77. The van der Waals surface area contributed by atoms with Crippen LogP contribution in [0, 0.1) is 19.7 Å². The molecule has 0 aliphatic carbocycles. The van der Waals surface area contributed by atoms with E-state index < -0.39 is 15.8 Å². The third kappa shape index (κ3) is 3.30. The van der Waals surface area contributed by atoms with Crippen LogP contribution in [0.5, 0.6) is 0 Å². The molecule has 1 N–H and O–H groups in total. The molecule has 0 radical (unpaired) electrons. The van der Waals surface area contributed by atoms with Crippen molar-refractivity contribution in [1.82, 2.24) is 14.5 Å². The van der Waals surface area contributed by atoms with E-state index in [9.17, 15) is 12.8 Å². The van der Waals surface area contributed by atoms with Gasteiger partial charge < -0.3 is 0 Å². The molecule has 114 valence electrons. The summed E-state index contributed by atoms with van der Waals surface area (Å²) in [5.74, 6) is -0.391. The largest absolute Gasteiger partial charge is 0.268 e. The zero-order valence-corrected chi connectivity index (χ0v) is 13.0. The molecule has 0 saturated carbocycles. The summed E-state index contributed by atoms with van der Waals surface area (Å²) < 4.78 is 42.0. The van der Waals surface area contributed by atoms with Crippen molar-refractivity contribution in [1.29, 1.82) is 0 Å². The SMILES string of the molecule is CCn1nc(C)c(S(=O)(=O)NCc2cccc(F)c2)c1C. The molecule has 0 unspecified atom stereocenters. The summed E-state index contributed by atoms with van der Waals surface area (Å²) in [6, 6.07) is 5.83. The predicted molar refractivity (Wildman–Crippen MR) is 77.8 cm³/mol. The first-order chi connectivity index (χ1) is 9.85. The van der Waals surface area contributed by atoms with Crippen LogP contribution in [0.4, 0.5) is 4.39 Å². The highest BCUT2D eigenvalue weighted by Gasteiger charge is 2.23. The molecule has 5 nitrogen and oxygen atoms in total. The molecule has 0 aliphatic heterocycles. The van der Waals surface area contributed by atoms with Crippen LogP contribution >= 0.6 is 0 Å². The Morgan fingerprint density at radius 2 is 2.05 bits per heavy atom. The monoisotopic (exact) mass is 311 g/mol. The number of hydrogen-bond acceptors (Lipinski definition) is 3. The van der Waals surface area contributed by atoms with Gasteiger partial charge in [-0.2, -0.15) is 5.10 Å². The highest BCUT2D eigenvalue weighted by Crippen LogP contribution is 2.19. The fraction of sp³-hybridized carbons (Fsp3) is 0.357. The number of sulfonamides is 1. The normalized spacial score (nSPS) is 11.8. The first-order valence-electron chi connectivity index (χ1n) is 6.63. The summed E-state index contributed by atoms with van der Waals surface area (Å²) in [6.45, 7) is 5.93. The molecular weight excluding hydrogens is 293 g/mol. The lowest BCUT2D eigenvalue weighted by Gasteiger charge is -2.08. The minimum atomic E-state index is -3.68. The van der Waals surface area contributed by atoms with E-state index in [0.29, 0.717) is 23.5 Å². The third-order valence-corrected chi connectivity index (χ3v) is 4.89. The molecule has 7 heteroatoms. The van der Waals surface area contributed by atoms with E-state index in [0.717, 1.165) is 0 Å². The molecular formula is C14H18FN3O2S. The van der Waals surface area contributed by atoms with Crippen LogP contribution < -0.4 is 4.72 Å². The third-order valence-electron chi connectivity index (χ3n) is 3.24. The average molecular weight is 311 g/mol. The van der Waals surface area contributed by atoms with Gasteiger partial charge in [-0.1, -0.05) is 12.1 Å². The van der Waals surface area contributed by atoms with Gasteiger partial charge >= 0.3 is 0 Å². The smallest absolute Gasteiger partial charge is 0.244 e. The van der Waals surface area contributed by atoms with Gasteiger partial charge in [-0.15, -0.1) is 0 Å². The maximum Gasteiger partial charge on any atom is 0.244 e. The summed E-state index contributed by atoms with van der Waals surface area (Å²) >= 11 is 0. The van der Waals surface area contributed by atoms with Gasteiger partial charge in [-0.05, 0) is 38.5 Å². The molecule has 2 rings (SSSR count). The zero-order valence-electron chi connectivity index (χ0n) is 12.2. The van der Waals surface area contributed by atoms with Gasteiger partial charge in [0.2, 0.25) is 10.0 Å². The number of hydrogen-bond donors (Lipinski definition) is 1. The van der Waals surface area contributed by atoms with Crippen molar-refractivity contribution in [2.24, 2.45) is 0 Å². The van der Waals surface area contributed by atoms with E-state index >= 15 is 0 Å².